The number of aliphatic hydroxyl groups excluding tert-OH is 2. The lowest BCUT2D eigenvalue weighted by Crippen LogP contribution is -2.41. The minimum Gasteiger partial charge on any atom is -0.396 e. The van der Waals surface area contributed by atoms with E-state index in [1.54, 1.807) is 0 Å². The number of fused-ring (bicyclic) bond motifs is 1. The van der Waals surface area contributed by atoms with Crippen LogP contribution in [0, 0.1) is 0 Å². The lowest BCUT2D eigenvalue weighted by molar-refractivity contribution is -0.101. The maximum Gasteiger partial charge on any atom is 0.108 e. The zero-order valence-corrected chi connectivity index (χ0v) is 8.56. The Morgan fingerprint density at radius 1 is 1.33 bits per heavy atom. The fourth-order valence-electron chi connectivity index (χ4n) is 2.26. The van der Waals surface area contributed by atoms with E-state index in [4.69, 9.17) is 5.11 Å². The average Bonchev–Trinajstić information content (AvgIpc) is 2.25. The molecule has 2 atom stereocenters. The third-order valence-electron chi connectivity index (χ3n) is 3.23. The third-order valence-corrected chi connectivity index (χ3v) is 3.23. The molecule has 3 N–H and O–H groups in total. The molecule has 0 aromatic heterocycles. The summed E-state index contributed by atoms with van der Waals surface area (Å²) in [7, 11) is 0. The van der Waals surface area contributed by atoms with Crippen LogP contribution in [0.15, 0.2) is 24.3 Å². The molecule has 2 unspecified atom stereocenters. The van der Waals surface area contributed by atoms with E-state index in [1.165, 1.54) is 0 Å². The summed E-state index contributed by atoms with van der Waals surface area (Å²) in [6, 6.07) is 7.59. The van der Waals surface area contributed by atoms with Gasteiger partial charge in [-0.15, -0.1) is 0 Å². The summed E-state index contributed by atoms with van der Waals surface area (Å²) in [5.41, 5.74) is 0.718. The summed E-state index contributed by atoms with van der Waals surface area (Å²) in [6.07, 6.45) is 0.604. The van der Waals surface area contributed by atoms with Crippen LogP contribution in [-0.2, 0) is 6.42 Å². The summed E-state index contributed by atoms with van der Waals surface area (Å²) in [5, 5.41) is 29.1. The molecular weight excluding hydrogens is 192 g/mol. The van der Waals surface area contributed by atoms with Gasteiger partial charge in [-0.2, -0.15) is 0 Å². The van der Waals surface area contributed by atoms with Crippen LogP contribution in [0.1, 0.15) is 30.1 Å². The maximum atomic E-state index is 10.2. The van der Waals surface area contributed by atoms with Gasteiger partial charge >= 0.3 is 0 Å². The van der Waals surface area contributed by atoms with Crippen molar-refractivity contribution in [3.8, 4) is 0 Å². The van der Waals surface area contributed by atoms with Gasteiger partial charge in [0.25, 0.3) is 0 Å². The summed E-state index contributed by atoms with van der Waals surface area (Å²) in [5.74, 6) is 0. The first kappa shape index (κ1) is 10.6. The molecule has 1 aliphatic rings. The number of aryl methyl sites for hydroxylation is 1. The van der Waals surface area contributed by atoms with Crippen molar-refractivity contribution in [2.75, 3.05) is 6.61 Å². The minimum atomic E-state index is -1.16. The second-order valence-corrected chi connectivity index (χ2v) is 4.18. The topological polar surface area (TPSA) is 60.7 Å². The molecule has 0 aliphatic heterocycles. The van der Waals surface area contributed by atoms with Crippen LogP contribution in [0.2, 0.25) is 0 Å². The molecule has 2 rings (SSSR count). The lowest BCUT2D eigenvalue weighted by Gasteiger charge is -2.37. The molecule has 15 heavy (non-hydrogen) atoms. The van der Waals surface area contributed by atoms with Crippen LogP contribution >= 0.6 is 0 Å². The monoisotopic (exact) mass is 208 g/mol. The summed E-state index contributed by atoms with van der Waals surface area (Å²) >= 11 is 0. The molecule has 0 radical (unpaired) electrons. The van der Waals surface area contributed by atoms with Crippen LogP contribution in [0.5, 0.6) is 0 Å². The zero-order valence-electron chi connectivity index (χ0n) is 8.56. The van der Waals surface area contributed by atoms with E-state index in [0.29, 0.717) is 6.42 Å². The second kappa shape index (κ2) is 3.93. The van der Waals surface area contributed by atoms with Gasteiger partial charge in [-0.05, 0) is 24.0 Å². The Morgan fingerprint density at radius 3 is 2.80 bits per heavy atom. The predicted molar refractivity (Wildman–Crippen MR) is 56.4 cm³/mol. The van der Waals surface area contributed by atoms with Crippen LogP contribution in [-0.4, -0.2) is 27.5 Å². The van der Waals surface area contributed by atoms with E-state index >= 15 is 0 Å². The summed E-state index contributed by atoms with van der Waals surface area (Å²) in [6.45, 7) is -0.101. The maximum absolute atomic E-state index is 10.2. The molecular formula is C12H16O3. The van der Waals surface area contributed by atoms with Gasteiger partial charge in [0.2, 0.25) is 0 Å². The second-order valence-electron chi connectivity index (χ2n) is 4.18. The normalized spacial score (nSPS) is 29.9. The van der Waals surface area contributed by atoms with Crippen LogP contribution < -0.4 is 0 Å². The first-order valence-corrected chi connectivity index (χ1v) is 5.26. The quantitative estimate of drug-likeness (QED) is 0.673. The van der Waals surface area contributed by atoms with Crippen LogP contribution in [0.25, 0.3) is 0 Å². The number of rotatable bonds is 2. The van der Waals surface area contributed by atoms with Crippen molar-refractivity contribution in [3.63, 3.8) is 0 Å². The first-order valence-electron chi connectivity index (χ1n) is 5.26. The smallest absolute Gasteiger partial charge is 0.108 e. The highest BCUT2D eigenvalue weighted by molar-refractivity contribution is 5.33. The van der Waals surface area contributed by atoms with Crippen molar-refractivity contribution in [2.24, 2.45) is 0 Å². The highest BCUT2D eigenvalue weighted by Gasteiger charge is 2.39. The van der Waals surface area contributed by atoms with E-state index in [9.17, 15) is 10.2 Å². The minimum absolute atomic E-state index is 0.101. The Morgan fingerprint density at radius 2 is 2.07 bits per heavy atom. The molecule has 0 saturated heterocycles. The van der Waals surface area contributed by atoms with E-state index < -0.39 is 11.7 Å². The van der Waals surface area contributed by atoms with Gasteiger partial charge in [0.1, 0.15) is 6.10 Å². The van der Waals surface area contributed by atoms with Gasteiger partial charge in [-0.3, -0.25) is 0 Å². The number of benzene rings is 1. The molecule has 1 aliphatic carbocycles. The highest BCUT2D eigenvalue weighted by atomic mass is 16.3. The highest BCUT2D eigenvalue weighted by Crippen LogP contribution is 2.39. The molecule has 0 spiro atoms. The number of hydrogen-bond donors (Lipinski definition) is 3. The number of hydrogen-bond acceptors (Lipinski definition) is 3. The average molecular weight is 208 g/mol. The van der Waals surface area contributed by atoms with Crippen molar-refractivity contribution in [1.29, 1.82) is 0 Å². The first-order chi connectivity index (χ1) is 7.17. The molecule has 0 fully saturated rings. The fourth-order valence-corrected chi connectivity index (χ4v) is 2.26. The fraction of sp³-hybridized carbons (Fsp3) is 0.500. The standard InChI is InChI=1S/C12H16O3/c13-8-7-12(15)6-5-9-3-1-2-4-10(9)11(12)14/h1-4,11,13-15H,5-8H2. The Kier molecular flexibility index (Phi) is 2.78. The van der Waals surface area contributed by atoms with Crippen molar-refractivity contribution in [3.05, 3.63) is 35.4 Å². The molecule has 82 valence electrons. The van der Waals surface area contributed by atoms with Gasteiger partial charge in [0.05, 0.1) is 5.60 Å². The number of aliphatic hydroxyl groups is 3. The Bertz CT molecular complexity index is 350. The molecule has 3 heteroatoms. The molecule has 0 amide bonds. The largest absolute Gasteiger partial charge is 0.396 e. The molecule has 1 aromatic rings. The van der Waals surface area contributed by atoms with E-state index in [2.05, 4.69) is 0 Å². The Hall–Kier alpha value is -0.900. The molecule has 0 saturated carbocycles. The Labute approximate surface area is 89.0 Å². The van der Waals surface area contributed by atoms with Gasteiger partial charge in [-0.25, -0.2) is 0 Å². The van der Waals surface area contributed by atoms with E-state index in [1.807, 2.05) is 24.3 Å². The molecule has 0 bridgehead atoms. The van der Waals surface area contributed by atoms with Crippen LogP contribution in [0.3, 0.4) is 0 Å². The van der Waals surface area contributed by atoms with Gasteiger partial charge < -0.3 is 15.3 Å². The van der Waals surface area contributed by atoms with E-state index in [-0.39, 0.29) is 13.0 Å². The van der Waals surface area contributed by atoms with Crippen molar-refractivity contribution < 1.29 is 15.3 Å². The van der Waals surface area contributed by atoms with Gasteiger partial charge in [0.15, 0.2) is 0 Å². The molecule has 1 aromatic carbocycles. The summed E-state index contributed by atoms with van der Waals surface area (Å²) in [4.78, 5) is 0. The Balaban J connectivity index is 2.33. The molecule has 3 nitrogen and oxygen atoms in total. The van der Waals surface area contributed by atoms with Crippen LogP contribution in [0.4, 0.5) is 0 Å². The SMILES string of the molecule is OCCC1(O)CCc2ccccc2C1O. The third kappa shape index (κ3) is 1.78. The van der Waals surface area contributed by atoms with Crippen molar-refractivity contribution in [1.82, 2.24) is 0 Å². The van der Waals surface area contributed by atoms with Gasteiger partial charge in [0, 0.05) is 13.0 Å². The van der Waals surface area contributed by atoms with Crippen molar-refractivity contribution >= 4 is 0 Å². The predicted octanol–water partition coefficient (Wildman–Crippen LogP) is 0.780. The van der Waals surface area contributed by atoms with Gasteiger partial charge in [-0.1, -0.05) is 24.3 Å². The van der Waals surface area contributed by atoms with Crippen molar-refractivity contribution in [2.45, 2.75) is 31.0 Å². The van der Waals surface area contributed by atoms with E-state index in [0.717, 1.165) is 17.5 Å². The zero-order chi connectivity index (χ0) is 10.9. The lowest BCUT2D eigenvalue weighted by atomic mass is 9.76. The summed E-state index contributed by atoms with van der Waals surface area (Å²) < 4.78 is 0. The molecule has 0 heterocycles.